The fraction of sp³-hybridized carbons (Fsp3) is 0.643. The Labute approximate surface area is 107 Å². The van der Waals surface area contributed by atoms with E-state index < -0.39 is 5.97 Å². The Morgan fingerprint density at radius 3 is 3.00 bits per heavy atom. The average molecular weight is 251 g/mol. The highest BCUT2D eigenvalue weighted by atomic mass is 16.4. The zero-order valence-corrected chi connectivity index (χ0v) is 10.8. The van der Waals surface area contributed by atoms with E-state index in [0.29, 0.717) is 24.3 Å². The molecule has 1 aliphatic carbocycles. The third-order valence-corrected chi connectivity index (χ3v) is 3.93. The summed E-state index contributed by atoms with van der Waals surface area (Å²) in [6, 6.07) is 2.01. The number of carbonyl (C=O) groups is 1. The van der Waals surface area contributed by atoms with E-state index in [4.69, 9.17) is 9.52 Å². The predicted octanol–water partition coefficient (Wildman–Crippen LogP) is 3.04. The van der Waals surface area contributed by atoms with Crippen LogP contribution in [-0.4, -0.2) is 17.1 Å². The van der Waals surface area contributed by atoms with Gasteiger partial charge in [-0.15, -0.1) is 0 Å². The van der Waals surface area contributed by atoms with Crippen molar-refractivity contribution in [2.45, 2.75) is 51.6 Å². The monoisotopic (exact) mass is 251 g/mol. The van der Waals surface area contributed by atoms with Crippen molar-refractivity contribution in [1.82, 2.24) is 5.32 Å². The molecule has 0 aromatic carbocycles. The van der Waals surface area contributed by atoms with Gasteiger partial charge in [-0.3, -0.25) is 0 Å². The first-order valence-electron chi connectivity index (χ1n) is 6.75. The van der Waals surface area contributed by atoms with Crippen LogP contribution in [0.5, 0.6) is 0 Å². The van der Waals surface area contributed by atoms with E-state index in [9.17, 15) is 4.79 Å². The molecular weight excluding hydrogens is 230 g/mol. The van der Waals surface area contributed by atoms with E-state index in [1.54, 1.807) is 0 Å². The fourth-order valence-electron chi connectivity index (χ4n) is 2.86. The second kappa shape index (κ2) is 6.05. The number of carboxylic acid groups (broad SMARTS) is 1. The third-order valence-electron chi connectivity index (χ3n) is 3.93. The van der Waals surface area contributed by atoms with Crippen LogP contribution >= 0.6 is 0 Å². The topological polar surface area (TPSA) is 62.5 Å². The minimum atomic E-state index is -0.920. The van der Waals surface area contributed by atoms with E-state index in [0.717, 1.165) is 0 Å². The summed E-state index contributed by atoms with van der Waals surface area (Å²) >= 11 is 0. The van der Waals surface area contributed by atoms with Gasteiger partial charge in [0.15, 0.2) is 0 Å². The molecule has 1 fully saturated rings. The Bertz CT molecular complexity index is 399. The Morgan fingerprint density at radius 2 is 2.28 bits per heavy atom. The maximum atomic E-state index is 11.0. The largest absolute Gasteiger partial charge is 0.478 e. The molecular formula is C14H21NO3. The maximum absolute atomic E-state index is 11.0. The summed E-state index contributed by atoms with van der Waals surface area (Å²) in [6.07, 6.45) is 7.66. The normalized spacial score (nSPS) is 24.1. The van der Waals surface area contributed by atoms with Crippen molar-refractivity contribution < 1.29 is 14.3 Å². The lowest BCUT2D eigenvalue weighted by atomic mass is 9.83. The van der Waals surface area contributed by atoms with Gasteiger partial charge in [-0.05, 0) is 24.8 Å². The number of aromatic carboxylic acids is 1. The molecule has 1 aromatic rings. The number of hydrogen-bond acceptors (Lipinski definition) is 3. The summed E-state index contributed by atoms with van der Waals surface area (Å²) in [5, 5.41) is 12.5. The molecule has 2 unspecified atom stereocenters. The molecule has 1 heterocycles. The molecule has 2 rings (SSSR count). The number of carboxylic acids is 1. The van der Waals surface area contributed by atoms with Crippen molar-refractivity contribution in [3.8, 4) is 0 Å². The van der Waals surface area contributed by atoms with Gasteiger partial charge in [0, 0.05) is 6.04 Å². The van der Waals surface area contributed by atoms with Crippen LogP contribution in [0.25, 0.3) is 0 Å². The fourth-order valence-corrected chi connectivity index (χ4v) is 2.86. The van der Waals surface area contributed by atoms with Crippen LogP contribution < -0.4 is 5.32 Å². The zero-order valence-electron chi connectivity index (χ0n) is 10.8. The molecule has 2 N–H and O–H groups in total. The van der Waals surface area contributed by atoms with Crippen LogP contribution in [0.4, 0.5) is 0 Å². The van der Waals surface area contributed by atoms with E-state index in [1.807, 2.05) is 0 Å². The van der Waals surface area contributed by atoms with Gasteiger partial charge in [-0.1, -0.05) is 26.2 Å². The quantitative estimate of drug-likeness (QED) is 0.844. The maximum Gasteiger partial charge on any atom is 0.339 e. The van der Waals surface area contributed by atoms with Gasteiger partial charge in [-0.25, -0.2) is 4.79 Å². The molecule has 1 aliphatic rings. The second-order valence-corrected chi connectivity index (χ2v) is 5.00. The van der Waals surface area contributed by atoms with Crippen molar-refractivity contribution in [3.05, 3.63) is 23.7 Å². The molecule has 0 saturated heterocycles. The Balaban J connectivity index is 1.93. The summed E-state index contributed by atoms with van der Waals surface area (Å²) in [7, 11) is 0. The van der Waals surface area contributed by atoms with Crippen LogP contribution in [-0.2, 0) is 6.54 Å². The van der Waals surface area contributed by atoms with Gasteiger partial charge in [0.1, 0.15) is 11.3 Å². The molecule has 100 valence electrons. The summed E-state index contributed by atoms with van der Waals surface area (Å²) in [4.78, 5) is 11.0. The number of rotatable bonds is 5. The first-order chi connectivity index (χ1) is 8.72. The lowest BCUT2D eigenvalue weighted by molar-refractivity contribution is 0.0694. The molecule has 0 amide bonds. The highest BCUT2D eigenvalue weighted by Crippen LogP contribution is 2.27. The minimum absolute atomic E-state index is 0.270. The van der Waals surface area contributed by atoms with Crippen molar-refractivity contribution in [2.24, 2.45) is 5.92 Å². The van der Waals surface area contributed by atoms with E-state index in [2.05, 4.69) is 12.2 Å². The Morgan fingerprint density at radius 1 is 1.50 bits per heavy atom. The number of furan rings is 1. The summed E-state index contributed by atoms with van der Waals surface area (Å²) in [6.45, 7) is 2.73. The molecule has 1 saturated carbocycles. The average Bonchev–Trinajstić information content (AvgIpc) is 2.85. The summed E-state index contributed by atoms with van der Waals surface area (Å²) in [5.74, 6) is 0.321. The first-order valence-corrected chi connectivity index (χ1v) is 6.75. The van der Waals surface area contributed by atoms with Crippen LogP contribution in [0.3, 0.4) is 0 Å². The van der Waals surface area contributed by atoms with Gasteiger partial charge < -0.3 is 14.8 Å². The molecule has 0 bridgehead atoms. The Hall–Kier alpha value is -1.29. The van der Waals surface area contributed by atoms with Crippen molar-refractivity contribution in [2.75, 3.05) is 0 Å². The highest BCUT2D eigenvalue weighted by molar-refractivity contribution is 5.88. The lowest BCUT2D eigenvalue weighted by Gasteiger charge is -2.31. The van der Waals surface area contributed by atoms with Crippen molar-refractivity contribution in [1.29, 1.82) is 0 Å². The number of hydrogen-bond donors (Lipinski definition) is 2. The second-order valence-electron chi connectivity index (χ2n) is 5.00. The zero-order chi connectivity index (χ0) is 13.0. The van der Waals surface area contributed by atoms with Gasteiger partial charge in [0.05, 0.1) is 12.8 Å². The first kappa shape index (κ1) is 13.1. The molecule has 0 aliphatic heterocycles. The predicted molar refractivity (Wildman–Crippen MR) is 68.5 cm³/mol. The SMILES string of the molecule is CCC1CCCCC1NCc1occc1C(=O)O. The van der Waals surface area contributed by atoms with E-state index in [-0.39, 0.29) is 5.56 Å². The smallest absolute Gasteiger partial charge is 0.339 e. The van der Waals surface area contributed by atoms with Crippen LogP contribution in [0.15, 0.2) is 16.7 Å². The van der Waals surface area contributed by atoms with E-state index in [1.165, 1.54) is 44.4 Å². The van der Waals surface area contributed by atoms with Gasteiger partial charge >= 0.3 is 5.97 Å². The molecule has 0 radical (unpaired) electrons. The third kappa shape index (κ3) is 2.93. The highest BCUT2D eigenvalue weighted by Gasteiger charge is 2.24. The van der Waals surface area contributed by atoms with E-state index >= 15 is 0 Å². The lowest BCUT2D eigenvalue weighted by Crippen LogP contribution is -2.38. The molecule has 4 nitrogen and oxygen atoms in total. The van der Waals surface area contributed by atoms with Gasteiger partial charge in [-0.2, -0.15) is 0 Å². The number of nitrogens with one attached hydrogen (secondary N) is 1. The Kier molecular flexibility index (Phi) is 4.42. The van der Waals surface area contributed by atoms with Crippen LogP contribution in [0.1, 0.15) is 55.1 Å². The summed E-state index contributed by atoms with van der Waals surface area (Å²) in [5.41, 5.74) is 0.270. The molecule has 4 heteroatoms. The van der Waals surface area contributed by atoms with Crippen LogP contribution in [0.2, 0.25) is 0 Å². The molecule has 18 heavy (non-hydrogen) atoms. The minimum Gasteiger partial charge on any atom is -0.478 e. The van der Waals surface area contributed by atoms with Gasteiger partial charge in [0.25, 0.3) is 0 Å². The molecule has 2 atom stereocenters. The van der Waals surface area contributed by atoms with Gasteiger partial charge in [0.2, 0.25) is 0 Å². The molecule has 0 spiro atoms. The van der Waals surface area contributed by atoms with Crippen LogP contribution in [0, 0.1) is 5.92 Å². The van der Waals surface area contributed by atoms with Crippen molar-refractivity contribution >= 4 is 5.97 Å². The standard InChI is InChI=1S/C14H21NO3/c1-2-10-5-3-4-6-12(10)15-9-13-11(14(16)17)7-8-18-13/h7-8,10,12,15H,2-6,9H2,1H3,(H,16,17). The van der Waals surface area contributed by atoms with Crippen molar-refractivity contribution in [3.63, 3.8) is 0 Å². The molecule has 1 aromatic heterocycles. The summed E-state index contributed by atoms with van der Waals surface area (Å²) < 4.78 is 5.24.